The van der Waals surface area contributed by atoms with Crippen molar-refractivity contribution in [3.63, 3.8) is 0 Å². The number of aromatic nitrogens is 1. The third-order valence-corrected chi connectivity index (χ3v) is 2.96. The molecule has 0 aliphatic carbocycles. The summed E-state index contributed by atoms with van der Waals surface area (Å²) < 4.78 is 1.04. The molecule has 0 spiro atoms. The van der Waals surface area contributed by atoms with E-state index in [4.69, 9.17) is 11.6 Å². The molecule has 20 heavy (non-hydrogen) atoms. The predicted molar refractivity (Wildman–Crippen MR) is 77.1 cm³/mol. The lowest BCUT2D eigenvalue weighted by atomic mass is 10.3. The van der Waals surface area contributed by atoms with E-state index in [0.29, 0.717) is 27.5 Å². The third kappa shape index (κ3) is 3.39. The van der Waals surface area contributed by atoms with Gasteiger partial charge in [0, 0.05) is 10.7 Å². The number of nitrogens with zero attached hydrogens (tertiary/aromatic N) is 2. The summed E-state index contributed by atoms with van der Waals surface area (Å²) in [5, 5.41) is 13.3. The van der Waals surface area contributed by atoms with Crippen LogP contribution >= 0.6 is 11.6 Å². The van der Waals surface area contributed by atoms with Gasteiger partial charge < -0.3 is 10.5 Å². The van der Waals surface area contributed by atoms with Gasteiger partial charge in [0.15, 0.2) is 0 Å². The Kier molecular flexibility index (Phi) is 4.10. The first-order valence-electron chi connectivity index (χ1n) is 5.96. The molecule has 0 radical (unpaired) electrons. The fourth-order valence-electron chi connectivity index (χ4n) is 1.74. The maximum Gasteiger partial charge on any atom is 0.345 e. The van der Waals surface area contributed by atoms with Crippen LogP contribution < -0.4 is 10.7 Å². The Morgan fingerprint density at radius 1 is 1.20 bits per heavy atom. The number of anilines is 1. The van der Waals surface area contributed by atoms with Gasteiger partial charge in [-0.05, 0) is 50.2 Å². The molecule has 0 bridgehead atoms. The first-order valence-corrected chi connectivity index (χ1v) is 6.34. The van der Waals surface area contributed by atoms with Crippen LogP contribution in [0.15, 0.2) is 41.4 Å². The molecule has 0 saturated heterocycles. The van der Waals surface area contributed by atoms with E-state index >= 15 is 0 Å². The van der Waals surface area contributed by atoms with Crippen molar-refractivity contribution in [2.24, 2.45) is 4.99 Å². The quantitative estimate of drug-likeness (QED) is 0.793. The maximum absolute atomic E-state index is 11.8. The molecule has 0 aliphatic rings. The van der Waals surface area contributed by atoms with E-state index in [1.807, 2.05) is 0 Å². The molecule has 0 fully saturated rings. The van der Waals surface area contributed by atoms with Crippen molar-refractivity contribution < 1.29 is 10.0 Å². The lowest BCUT2D eigenvalue weighted by molar-refractivity contribution is 0.170. The van der Waals surface area contributed by atoms with E-state index in [1.165, 1.54) is 0 Å². The summed E-state index contributed by atoms with van der Waals surface area (Å²) in [4.78, 5) is 15.7. The number of urea groups is 1. The zero-order valence-corrected chi connectivity index (χ0v) is 11.8. The van der Waals surface area contributed by atoms with Crippen molar-refractivity contribution in [1.82, 2.24) is 4.73 Å². The van der Waals surface area contributed by atoms with E-state index in [2.05, 4.69) is 10.3 Å². The van der Waals surface area contributed by atoms with Gasteiger partial charge in [-0.3, -0.25) is 0 Å². The van der Waals surface area contributed by atoms with Crippen LogP contribution in [0.4, 0.5) is 10.5 Å². The summed E-state index contributed by atoms with van der Waals surface area (Å²) in [5.41, 5.74) is 1.82. The van der Waals surface area contributed by atoms with Gasteiger partial charge in [-0.25, -0.2) is 4.79 Å². The second kappa shape index (κ2) is 5.79. The van der Waals surface area contributed by atoms with Gasteiger partial charge >= 0.3 is 6.03 Å². The molecule has 0 atom stereocenters. The highest BCUT2D eigenvalue weighted by atomic mass is 35.5. The highest BCUT2D eigenvalue weighted by Gasteiger charge is 2.01. The summed E-state index contributed by atoms with van der Waals surface area (Å²) >= 11 is 5.77. The van der Waals surface area contributed by atoms with Gasteiger partial charge in [-0.1, -0.05) is 11.6 Å². The molecular weight excluding hydrogens is 278 g/mol. The maximum atomic E-state index is 11.8. The van der Waals surface area contributed by atoms with Gasteiger partial charge in [0.05, 0.1) is 16.7 Å². The second-order valence-corrected chi connectivity index (χ2v) is 4.79. The Morgan fingerprint density at radius 2 is 1.75 bits per heavy atom. The van der Waals surface area contributed by atoms with E-state index in [1.54, 1.807) is 50.2 Å². The summed E-state index contributed by atoms with van der Waals surface area (Å²) in [6.45, 7) is 3.45. The number of pyridine rings is 1. The molecule has 1 heterocycles. The van der Waals surface area contributed by atoms with Gasteiger partial charge in [-0.15, -0.1) is 0 Å². The topological polar surface area (TPSA) is 66.6 Å². The van der Waals surface area contributed by atoms with E-state index in [9.17, 15) is 10.0 Å². The molecule has 1 aromatic heterocycles. The Bertz CT molecular complexity index is 679. The van der Waals surface area contributed by atoms with Gasteiger partial charge in [-0.2, -0.15) is 9.72 Å². The van der Waals surface area contributed by atoms with E-state index in [-0.39, 0.29) is 0 Å². The summed E-state index contributed by atoms with van der Waals surface area (Å²) in [6.07, 6.45) is 0. The molecule has 2 amide bonds. The molecule has 2 N–H and O–H groups in total. The van der Waals surface area contributed by atoms with Crippen LogP contribution in [0, 0.1) is 13.8 Å². The number of hydrogen-bond donors (Lipinski definition) is 2. The number of carbonyl (C=O) groups is 1. The lowest BCUT2D eigenvalue weighted by Gasteiger charge is -2.06. The standard InChI is InChI=1S/C14H14ClN3O2/c1-9-7-13(8-10(2)18(9)20)17-14(19)16-12-5-3-11(15)4-6-12/h3-8,20H,1-2H3,(H,16,19). The Labute approximate surface area is 121 Å². The molecule has 2 aromatic rings. The first-order chi connectivity index (χ1) is 9.45. The monoisotopic (exact) mass is 291 g/mol. The van der Waals surface area contributed by atoms with Crippen molar-refractivity contribution in [2.75, 3.05) is 5.32 Å². The Balaban J connectivity index is 2.22. The molecule has 1 aromatic carbocycles. The number of aryl methyl sites for hydroxylation is 2. The van der Waals surface area contributed by atoms with Gasteiger partial charge in [0.25, 0.3) is 0 Å². The Hall–Kier alpha value is -2.27. The van der Waals surface area contributed by atoms with Crippen LogP contribution in [-0.4, -0.2) is 16.0 Å². The third-order valence-electron chi connectivity index (χ3n) is 2.71. The average molecular weight is 292 g/mol. The average Bonchev–Trinajstić information content (AvgIpc) is 2.38. The number of amides is 2. The molecule has 2 rings (SSSR count). The summed E-state index contributed by atoms with van der Waals surface area (Å²) in [7, 11) is 0. The normalized spacial score (nSPS) is 10.2. The van der Waals surface area contributed by atoms with Crippen LogP contribution in [-0.2, 0) is 0 Å². The molecule has 5 nitrogen and oxygen atoms in total. The number of nitrogens with one attached hydrogen (secondary N) is 1. The highest BCUT2D eigenvalue weighted by Crippen LogP contribution is 2.13. The van der Waals surface area contributed by atoms with Gasteiger partial charge in [0.2, 0.25) is 0 Å². The van der Waals surface area contributed by atoms with Crippen LogP contribution in [0.1, 0.15) is 11.4 Å². The zero-order chi connectivity index (χ0) is 14.7. The van der Waals surface area contributed by atoms with Crippen LogP contribution in [0.2, 0.25) is 5.02 Å². The van der Waals surface area contributed by atoms with Crippen molar-refractivity contribution in [3.8, 4) is 0 Å². The smallest absolute Gasteiger partial charge is 0.345 e. The SMILES string of the molecule is Cc1cc(=NC(=O)Nc2ccc(Cl)cc2)cc(C)n1O. The van der Waals surface area contributed by atoms with Crippen LogP contribution in [0.5, 0.6) is 0 Å². The van der Waals surface area contributed by atoms with Crippen molar-refractivity contribution >= 4 is 23.3 Å². The minimum Gasteiger partial charge on any atom is -0.428 e. The summed E-state index contributed by atoms with van der Waals surface area (Å²) in [5.74, 6) is 0. The molecular formula is C14H14ClN3O2. The lowest BCUT2D eigenvalue weighted by Crippen LogP contribution is -2.16. The number of halogens is 1. The molecule has 104 valence electrons. The molecule has 0 aliphatic heterocycles. The fraction of sp³-hybridized carbons (Fsp3) is 0.143. The summed E-state index contributed by atoms with van der Waals surface area (Å²) in [6, 6.07) is 9.51. The molecule has 0 saturated carbocycles. The first kappa shape index (κ1) is 14.1. The molecule has 0 unspecified atom stereocenters. The van der Waals surface area contributed by atoms with Crippen LogP contribution in [0.3, 0.4) is 0 Å². The zero-order valence-electron chi connectivity index (χ0n) is 11.1. The number of hydrogen-bond acceptors (Lipinski definition) is 2. The number of carbonyl (C=O) groups excluding carboxylic acids is 1. The van der Waals surface area contributed by atoms with Crippen molar-refractivity contribution in [2.45, 2.75) is 13.8 Å². The number of benzene rings is 1. The van der Waals surface area contributed by atoms with Gasteiger partial charge in [0.1, 0.15) is 0 Å². The minimum atomic E-state index is -0.484. The Morgan fingerprint density at radius 3 is 2.30 bits per heavy atom. The van der Waals surface area contributed by atoms with Crippen molar-refractivity contribution in [3.05, 3.63) is 58.2 Å². The number of rotatable bonds is 1. The minimum absolute atomic E-state index is 0.483. The predicted octanol–water partition coefficient (Wildman–Crippen LogP) is 3.13. The fourth-order valence-corrected chi connectivity index (χ4v) is 1.86. The van der Waals surface area contributed by atoms with E-state index < -0.39 is 6.03 Å². The van der Waals surface area contributed by atoms with E-state index in [0.717, 1.165) is 4.73 Å². The second-order valence-electron chi connectivity index (χ2n) is 4.36. The molecule has 6 heteroatoms. The van der Waals surface area contributed by atoms with Crippen molar-refractivity contribution in [1.29, 1.82) is 0 Å². The largest absolute Gasteiger partial charge is 0.428 e. The highest BCUT2D eigenvalue weighted by molar-refractivity contribution is 6.30. The van der Waals surface area contributed by atoms with Crippen LogP contribution in [0.25, 0.3) is 0 Å².